The number of hydrogen-bond acceptors (Lipinski definition) is 3. The molecule has 0 radical (unpaired) electrons. The maximum atomic E-state index is 5.66. The van der Waals surface area contributed by atoms with Crippen LogP contribution in [0.3, 0.4) is 0 Å². The quantitative estimate of drug-likeness (QED) is 0.900. The first kappa shape index (κ1) is 16.8. The number of methoxy groups -OCH3 is 1. The fourth-order valence-electron chi connectivity index (χ4n) is 4.05. The Balaban J connectivity index is 1.65. The van der Waals surface area contributed by atoms with Gasteiger partial charge in [-0.3, -0.25) is 0 Å². The molecule has 3 heteroatoms. The minimum atomic E-state index is 0.695. The van der Waals surface area contributed by atoms with Crippen LogP contribution in [0.5, 0.6) is 5.75 Å². The van der Waals surface area contributed by atoms with Gasteiger partial charge in [0.2, 0.25) is 0 Å². The summed E-state index contributed by atoms with van der Waals surface area (Å²) < 4.78 is 5.66. The lowest BCUT2D eigenvalue weighted by atomic mass is 9.79. The zero-order chi connectivity index (χ0) is 16.1. The van der Waals surface area contributed by atoms with Crippen molar-refractivity contribution in [1.29, 1.82) is 0 Å². The van der Waals surface area contributed by atoms with Crippen molar-refractivity contribution in [2.24, 2.45) is 5.92 Å². The second kappa shape index (κ2) is 8.16. The molecule has 0 amide bonds. The van der Waals surface area contributed by atoms with Crippen molar-refractivity contribution in [3.05, 3.63) is 29.3 Å². The highest BCUT2D eigenvalue weighted by atomic mass is 16.5. The second-order valence-corrected chi connectivity index (χ2v) is 7.37. The molecule has 1 aromatic carbocycles. The van der Waals surface area contributed by atoms with Crippen LogP contribution in [0.25, 0.3) is 0 Å². The van der Waals surface area contributed by atoms with Gasteiger partial charge >= 0.3 is 0 Å². The van der Waals surface area contributed by atoms with Crippen LogP contribution >= 0.6 is 0 Å². The van der Waals surface area contributed by atoms with Crippen LogP contribution in [0, 0.1) is 5.92 Å². The van der Waals surface area contributed by atoms with Gasteiger partial charge in [0.25, 0.3) is 0 Å². The van der Waals surface area contributed by atoms with Gasteiger partial charge in [0, 0.05) is 32.7 Å². The number of rotatable bonds is 5. The van der Waals surface area contributed by atoms with Gasteiger partial charge in [-0.2, -0.15) is 0 Å². The molecule has 0 aromatic heterocycles. The first-order chi connectivity index (χ1) is 11.3. The van der Waals surface area contributed by atoms with Crippen molar-refractivity contribution < 1.29 is 4.74 Å². The third kappa shape index (κ3) is 4.48. The van der Waals surface area contributed by atoms with Crippen molar-refractivity contribution >= 4 is 0 Å². The molecular weight excluding hydrogens is 284 g/mol. The van der Waals surface area contributed by atoms with Gasteiger partial charge in [-0.25, -0.2) is 0 Å². The highest BCUT2D eigenvalue weighted by molar-refractivity contribution is 5.40. The number of piperazine rings is 1. The minimum absolute atomic E-state index is 0.695. The second-order valence-electron chi connectivity index (χ2n) is 7.37. The number of benzene rings is 1. The summed E-state index contributed by atoms with van der Waals surface area (Å²) in [5.74, 6) is 2.68. The molecule has 1 aromatic rings. The lowest BCUT2D eigenvalue weighted by Crippen LogP contribution is -2.44. The molecule has 0 atom stereocenters. The normalized spacial score (nSPS) is 26.2. The van der Waals surface area contributed by atoms with E-state index in [-0.39, 0.29) is 0 Å². The minimum Gasteiger partial charge on any atom is -0.496 e. The van der Waals surface area contributed by atoms with E-state index in [4.69, 9.17) is 4.74 Å². The van der Waals surface area contributed by atoms with E-state index < -0.39 is 0 Å². The van der Waals surface area contributed by atoms with Crippen molar-refractivity contribution in [1.82, 2.24) is 10.2 Å². The van der Waals surface area contributed by atoms with Crippen LogP contribution in [-0.4, -0.2) is 44.7 Å². The molecule has 1 aliphatic carbocycles. The SMILES string of the molecule is COc1ccc(CCN2CCNCC2)cc1C1CCC(C)CC1. The van der Waals surface area contributed by atoms with Crippen LogP contribution in [0.4, 0.5) is 0 Å². The van der Waals surface area contributed by atoms with Crippen molar-refractivity contribution in [2.75, 3.05) is 39.8 Å². The van der Waals surface area contributed by atoms with Crippen LogP contribution in [0.15, 0.2) is 18.2 Å². The van der Waals surface area contributed by atoms with Gasteiger partial charge in [-0.1, -0.05) is 31.9 Å². The molecular formula is C20H32N2O. The largest absolute Gasteiger partial charge is 0.496 e. The molecule has 23 heavy (non-hydrogen) atoms. The standard InChI is InChI=1S/C20H32N2O/c1-16-3-6-18(7-4-16)19-15-17(5-8-20(19)23-2)9-12-22-13-10-21-11-14-22/h5,8,15-16,18,21H,3-4,6-7,9-14H2,1-2H3. The van der Waals surface area contributed by atoms with Gasteiger partial charge in [-0.15, -0.1) is 0 Å². The Labute approximate surface area is 141 Å². The average molecular weight is 316 g/mol. The number of hydrogen-bond donors (Lipinski definition) is 1. The lowest BCUT2D eigenvalue weighted by molar-refractivity contribution is 0.244. The molecule has 1 aliphatic heterocycles. The molecule has 2 aliphatic rings. The summed E-state index contributed by atoms with van der Waals surface area (Å²) in [5, 5.41) is 3.43. The summed E-state index contributed by atoms with van der Waals surface area (Å²) in [7, 11) is 1.81. The Kier molecular flexibility index (Phi) is 5.96. The fourth-order valence-corrected chi connectivity index (χ4v) is 4.05. The Hall–Kier alpha value is -1.06. The first-order valence-electron chi connectivity index (χ1n) is 9.36. The highest BCUT2D eigenvalue weighted by Crippen LogP contribution is 2.39. The van der Waals surface area contributed by atoms with E-state index in [0.717, 1.165) is 31.2 Å². The molecule has 1 saturated heterocycles. The van der Waals surface area contributed by atoms with E-state index in [2.05, 4.69) is 35.3 Å². The Morgan fingerprint density at radius 1 is 1.13 bits per heavy atom. The summed E-state index contributed by atoms with van der Waals surface area (Å²) in [6.07, 6.45) is 6.51. The molecule has 2 fully saturated rings. The van der Waals surface area contributed by atoms with E-state index in [0.29, 0.717) is 5.92 Å². The number of nitrogens with zero attached hydrogens (tertiary/aromatic N) is 1. The third-order valence-corrected chi connectivity index (χ3v) is 5.68. The smallest absolute Gasteiger partial charge is 0.122 e. The molecule has 1 saturated carbocycles. The summed E-state index contributed by atoms with van der Waals surface area (Å²) >= 11 is 0. The molecule has 0 unspecified atom stereocenters. The number of nitrogens with one attached hydrogen (secondary N) is 1. The van der Waals surface area contributed by atoms with Gasteiger partial charge in [0.1, 0.15) is 5.75 Å². The van der Waals surface area contributed by atoms with E-state index in [1.54, 1.807) is 0 Å². The topological polar surface area (TPSA) is 24.5 Å². The van der Waals surface area contributed by atoms with Crippen molar-refractivity contribution in [2.45, 2.75) is 44.9 Å². The van der Waals surface area contributed by atoms with Crippen LogP contribution in [0.1, 0.15) is 49.7 Å². The van der Waals surface area contributed by atoms with E-state index >= 15 is 0 Å². The average Bonchev–Trinajstić information content (AvgIpc) is 2.61. The lowest BCUT2D eigenvalue weighted by Gasteiger charge is -2.29. The van der Waals surface area contributed by atoms with Gasteiger partial charge in [0.15, 0.2) is 0 Å². The molecule has 0 bridgehead atoms. The monoisotopic (exact) mass is 316 g/mol. The molecule has 3 rings (SSSR count). The summed E-state index contributed by atoms with van der Waals surface area (Å²) in [6, 6.07) is 6.89. The van der Waals surface area contributed by atoms with E-state index in [1.807, 2.05) is 7.11 Å². The Morgan fingerprint density at radius 3 is 2.57 bits per heavy atom. The Morgan fingerprint density at radius 2 is 1.87 bits per heavy atom. The third-order valence-electron chi connectivity index (χ3n) is 5.68. The fraction of sp³-hybridized carbons (Fsp3) is 0.700. The van der Waals surface area contributed by atoms with Crippen molar-refractivity contribution in [3.63, 3.8) is 0 Å². The molecule has 128 valence electrons. The van der Waals surface area contributed by atoms with Gasteiger partial charge in [-0.05, 0) is 48.3 Å². The predicted molar refractivity (Wildman–Crippen MR) is 96.4 cm³/mol. The van der Waals surface area contributed by atoms with Gasteiger partial charge < -0.3 is 15.0 Å². The zero-order valence-corrected chi connectivity index (χ0v) is 14.8. The van der Waals surface area contributed by atoms with Gasteiger partial charge in [0.05, 0.1) is 7.11 Å². The Bertz CT molecular complexity index is 488. The zero-order valence-electron chi connectivity index (χ0n) is 14.8. The summed E-state index contributed by atoms with van der Waals surface area (Å²) in [5.41, 5.74) is 2.93. The van der Waals surface area contributed by atoms with Crippen LogP contribution in [0.2, 0.25) is 0 Å². The predicted octanol–water partition coefficient (Wildman–Crippen LogP) is 3.44. The maximum absolute atomic E-state index is 5.66. The van der Waals surface area contributed by atoms with E-state index in [9.17, 15) is 0 Å². The molecule has 1 N–H and O–H groups in total. The molecule has 0 spiro atoms. The maximum Gasteiger partial charge on any atom is 0.122 e. The summed E-state index contributed by atoms with van der Waals surface area (Å²) in [6.45, 7) is 8.20. The van der Waals surface area contributed by atoms with Crippen LogP contribution in [-0.2, 0) is 6.42 Å². The van der Waals surface area contributed by atoms with E-state index in [1.165, 1.54) is 56.4 Å². The number of ether oxygens (including phenoxy) is 1. The highest BCUT2D eigenvalue weighted by Gasteiger charge is 2.22. The van der Waals surface area contributed by atoms with Crippen molar-refractivity contribution in [3.8, 4) is 5.75 Å². The first-order valence-corrected chi connectivity index (χ1v) is 9.36. The summed E-state index contributed by atoms with van der Waals surface area (Å²) in [4.78, 5) is 2.57. The molecule has 1 heterocycles. The molecule has 3 nitrogen and oxygen atoms in total. The van der Waals surface area contributed by atoms with Crippen LogP contribution < -0.4 is 10.1 Å².